The number of hydrogen-bond donors (Lipinski definition) is 0. The van der Waals surface area contributed by atoms with Gasteiger partial charge in [0, 0.05) is 6.21 Å². The molecule has 2 rings (SSSR count). The summed E-state index contributed by atoms with van der Waals surface area (Å²) in [5.41, 5.74) is -4.49. The molecule has 1 aliphatic rings. The van der Waals surface area contributed by atoms with Gasteiger partial charge in [0.05, 0.1) is 28.3 Å². The van der Waals surface area contributed by atoms with Crippen molar-refractivity contribution in [3.8, 4) is 0 Å². The van der Waals surface area contributed by atoms with E-state index in [1.54, 1.807) is 0 Å². The molecule has 0 amide bonds. The molecular formula is C12H7F6NO. The Morgan fingerprint density at radius 2 is 1.65 bits per heavy atom. The van der Waals surface area contributed by atoms with Gasteiger partial charge in [0.15, 0.2) is 5.78 Å². The third-order valence-electron chi connectivity index (χ3n) is 2.85. The smallest absolute Gasteiger partial charge is 0.293 e. The lowest BCUT2D eigenvalue weighted by Gasteiger charge is -2.21. The van der Waals surface area contributed by atoms with Crippen LogP contribution >= 0.6 is 0 Å². The molecule has 1 heterocycles. The van der Waals surface area contributed by atoms with Gasteiger partial charge in [-0.3, -0.25) is 9.79 Å². The SMILES string of the molecule is CC1C=Nc2cc(C(F)(F)F)cc(C(F)(F)F)c2C1=O. The molecule has 108 valence electrons. The molecule has 1 aliphatic heterocycles. The van der Waals surface area contributed by atoms with E-state index in [1.165, 1.54) is 6.92 Å². The van der Waals surface area contributed by atoms with Gasteiger partial charge in [-0.25, -0.2) is 0 Å². The second kappa shape index (κ2) is 4.32. The third kappa shape index (κ3) is 2.41. The van der Waals surface area contributed by atoms with E-state index in [-0.39, 0.29) is 6.07 Å². The zero-order chi connectivity index (χ0) is 15.3. The van der Waals surface area contributed by atoms with Gasteiger partial charge in [-0.2, -0.15) is 26.3 Å². The molecular weight excluding hydrogens is 288 g/mol. The van der Waals surface area contributed by atoms with Gasteiger partial charge in [-0.15, -0.1) is 0 Å². The summed E-state index contributed by atoms with van der Waals surface area (Å²) in [6.07, 6.45) is -8.98. The normalized spacial score (nSPS) is 19.1. The summed E-state index contributed by atoms with van der Waals surface area (Å²) in [7, 11) is 0. The number of rotatable bonds is 0. The number of benzene rings is 1. The molecule has 1 aromatic carbocycles. The summed E-state index contributed by atoms with van der Waals surface area (Å²) in [5.74, 6) is -1.80. The molecule has 1 aromatic rings. The van der Waals surface area contributed by atoms with Crippen LogP contribution < -0.4 is 0 Å². The van der Waals surface area contributed by atoms with E-state index in [2.05, 4.69) is 4.99 Å². The fourth-order valence-corrected chi connectivity index (χ4v) is 1.86. The minimum atomic E-state index is -5.06. The Labute approximate surface area is 109 Å². The van der Waals surface area contributed by atoms with Gasteiger partial charge >= 0.3 is 12.4 Å². The molecule has 2 nitrogen and oxygen atoms in total. The number of Topliss-reactive ketones (excluding diaryl/α,β-unsaturated/α-hetero) is 1. The Kier molecular flexibility index (Phi) is 3.14. The number of halogens is 6. The summed E-state index contributed by atoms with van der Waals surface area (Å²) in [5, 5.41) is 0. The van der Waals surface area contributed by atoms with Crippen molar-refractivity contribution in [3.05, 3.63) is 28.8 Å². The molecule has 0 aromatic heterocycles. The van der Waals surface area contributed by atoms with Crippen molar-refractivity contribution < 1.29 is 31.1 Å². The van der Waals surface area contributed by atoms with E-state index >= 15 is 0 Å². The quantitative estimate of drug-likeness (QED) is 0.658. The third-order valence-corrected chi connectivity index (χ3v) is 2.85. The highest BCUT2D eigenvalue weighted by atomic mass is 19.4. The molecule has 0 aliphatic carbocycles. The van der Waals surface area contributed by atoms with Crippen molar-refractivity contribution in [1.29, 1.82) is 0 Å². The molecule has 0 radical (unpaired) electrons. The average Bonchev–Trinajstić information content (AvgIpc) is 2.30. The zero-order valence-corrected chi connectivity index (χ0v) is 9.93. The largest absolute Gasteiger partial charge is 0.417 e. The van der Waals surface area contributed by atoms with Gasteiger partial charge < -0.3 is 0 Å². The second-order valence-electron chi connectivity index (χ2n) is 4.34. The molecule has 0 saturated carbocycles. The maximum absolute atomic E-state index is 12.9. The van der Waals surface area contributed by atoms with Crippen LogP contribution in [0.25, 0.3) is 0 Å². The Morgan fingerprint density at radius 3 is 2.15 bits per heavy atom. The maximum Gasteiger partial charge on any atom is 0.417 e. The van der Waals surface area contributed by atoms with Crippen molar-refractivity contribution in [2.45, 2.75) is 19.3 Å². The van der Waals surface area contributed by atoms with Gasteiger partial charge in [0.2, 0.25) is 0 Å². The van der Waals surface area contributed by atoms with Gasteiger partial charge in [0.25, 0.3) is 0 Å². The molecule has 0 fully saturated rings. The summed E-state index contributed by atoms with van der Waals surface area (Å²) in [6, 6.07) is 0.398. The van der Waals surface area contributed by atoms with Gasteiger partial charge in [0.1, 0.15) is 0 Å². The molecule has 20 heavy (non-hydrogen) atoms. The first-order valence-corrected chi connectivity index (χ1v) is 5.42. The summed E-state index contributed by atoms with van der Waals surface area (Å²) in [6.45, 7) is 1.33. The minimum Gasteiger partial charge on any atom is -0.293 e. The summed E-state index contributed by atoms with van der Waals surface area (Å²) < 4.78 is 76.4. The van der Waals surface area contributed by atoms with Gasteiger partial charge in [-0.1, -0.05) is 6.92 Å². The van der Waals surface area contributed by atoms with Crippen molar-refractivity contribution >= 4 is 17.7 Å². The van der Waals surface area contributed by atoms with E-state index < -0.39 is 46.4 Å². The molecule has 0 spiro atoms. The minimum absolute atomic E-state index is 0.0513. The van der Waals surface area contributed by atoms with Crippen molar-refractivity contribution in [1.82, 2.24) is 0 Å². The van der Waals surface area contributed by atoms with Crippen LogP contribution in [-0.2, 0) is 12.4 Å². The van der Waals surface area contributed by atoms with E-state index in [9.17, 15) is 31.1 Å². The predicted octanol–water partition coefficient (Wildman–Crippen LogP) is 4.26. The number of ketones is 1. The number of aliphatic imine (C=N–C) groups is 1. The highest BCUT2D eigenvalue weighted by Crippen LogP contribution is 2.43. The standard InChI is InChI=1S/C12H7F6NO/c1-5-4-19-8-3-6(11(13,14)15)2-7(12(16,17)18)9(8)10(5)20/h2-5H,1H3. The van der Waals surface area contributed by atoms with E-state index in [1.807, 2.05) is 0 Å². The fraction of sp³-hybridized carbons (Fsp3) is 0.333. The molecule has 8 heteroatoms. The predicted molar refractivity (Wildman–Crippen MR) is 58.1 cm³/mol. The summed E-state index contributed by atoms with van der Waals surface area (Å²) >= 11 is 0. The van der Waals surface area contributed by atoms with Crippen LogP contribution in [0.1, 0.15) is 28.4 Å². The highest BCUT2D eigenvalue weighted by Gasteiger charge is 2.42. The number of alkyl halides is 6. The van der Waals surface area contributed by atoms with E-state index in [0.717, 1.165) is 6.21 Å². The Morgan fingerprint density at radius 1 is 1.05 bits per heavy atom. The average molecular weight is 295 g/mol. The number of carbonyl (C=O) groups excluding carboxylic acids is 1. The maximum atomic E-state index is 12.9. The van der Waals surface area contributed by atoms with Gasteiger partial charge in [-0.05, 0) is 12.1 Å². The first-order valence-electron chi connectivity index (χ1n) is 5.42. The Bertz CT molecular complexity index is 599. The van der Waals surface area contributed by atoms with Crippen LogP contribution in [-0.4, -0.2) is 12.0 Å². The Hall–Kier alpha value is -1.86. The fourth-order valence-electron chi connectivity index (χ4n) is 1.86. The van der Waals surface area contributed by atoms with E-state index in [4.69, 9.17) is 0 Å². The Balaban J connectivity index is 2.78. The van der Waals surface area contributed by atoms with Crippen LogP contribution in [0.5, 0.6) is 0 Å². The lowest BCUT2D eigenvalue weighted by molar-refractivity contribution is -0.143. The van der Waals surface area contributed by atoms with Crippen LogP contribution in [0, 0.1) is 5.92 Å². The van der Waals surface area contributed by atoms with Crippen LogP contribution in [0.4, 0.5) is 32.0 Å². The van der Waals surface area contributed by atoms with E-state index in [0.29, 0.717) is 6.07 Å². The zero-order valence-electron chi connectivity index (χ0n) is 9.93. The lowest BCUT2D eigenvalue weighted by atomic mass is 9.90. The van der Waals surface area contributed by atoms with Crippen LogP contribution in [0.3, 0.4) is 0 Å². The van der Waals surface area contributed by atoms with Crippen LogP contribution in [0.15, 0.2) is 17.1 Å². The summed E-state index contributed by atoms with van der Waals surface area (Å²) in [4.78, 5) is 15.3. The van der Waals surface area contributed by atoms with Crippen molar-refractivity contribution in [2.75, 3.05) is 0 Å². The lowest BCUT2D eigenvalue weighted by Crippen LogP contribution is -2.23. The first kappa shape index (κ1) is 14.5. The molecule has 1 atom stereocenters. The topological polar surface area (TPSA) is 29.4 Å². The molecule has 0 bridgehead atoms. The number of carbonyl (C=O) groups is 1. The molecule has 0 N–H and O–H groups in total. The monoisotopic (exact) mass is 295 g/mol. The van der Waals surface area contributed by atoms with Crippen LogP contribution in [0.2, 0.25) is 0 Å². The highest BCUT2D eigenvalue weighted by molar-refractivity contribution is 6.13. The van der Waals surface area contributed by atoms with Crippen molar-refractivity contribution in [2.24, 2.45) is 10.9 Å². The van der Waals surface area contributed by atoms with Crippen molar-refractivity contribution in [3.63, 3.8) is 0 Å². The number of fused-ring (bicyclic) bond motifs is 1. The number of nitrogens with zero attached hydrogens (tertiary/aromatic N) is 1. The second-order valence-corrected chi connectivity index (χ2v) is 4.34. The molecule has 0 saturated heterocycles. The molecule has 1 unspecified atom stereocenters. The first-order chi connectivity index (χ1) is 9.01. The number of hydrogen-bond acceptors (Lipinski definition) is 2.